The Balaban J connectivity index is 1.96. The lowest BCUT2D eigenvalue weighted by Crippen LogP contribution is -2.41. The second-order valence-corrected chi connectivity index (χ2v) is 4.76. The minimum Gasteiger partial charge on any atom is -0.466 e. The second-order valence-electron chi connectivity index (χ2n) is 4.76. The van der Waals surface area contributed by atoms with E-state index in [9.17, 15) is 9.59 Å². The van der Waals surface area contributed by atoms with E-state index in [0.717, 1.165) is 0 Å². The first-order valence-electron chi connectivity index (χ1n) is 6.80. The third-order valence-electron chi connectivity index (χ3n) is 3.44. The third kappa shape index (κ3) is 3.07. The van der Waals surface area contributed by atoms with Crippen LogP contribution in [0.25, 0.3) is 0 Å². The van der Waals surface area contributed by atoms with Crippen molar-refractivity contribution in [1.29, 1.82) is 0 Å². The van der Waals surface area contributed by atoms with Crippen LogP contribution >= 0.6 is 0 Å². The number of nitrogens with two attached hydrogens (primary N) is 1. The number of likely N-dealkylation sites (tertiary alicyclic amines) is 1. The molecule has 6 nitrogen and oxygen atoms in total. The Kier molecular flexibility index (Phi) is 4.55. The topological polar surface area (TPSA) is 85.5 Å². The average Bonchev–Trinajstić information content (AvgIpc) is 2.47. The van der Waals surface area contributed by atoms with E-state index in [2.05, 4.69) is 4.98 Å². The first-order chi connectivity index (χ1) is 9.63. The molecule has 0 unspecified atom stereocenters. The highest BCUT2D eigenvalue weighted by molar-refractivity contribution is 5.97. The van der Waals surface area contributed by atoms with Crippen LogP contribution in [0, 0.1) is 5.92 Å². The van der Waals surface area contributed by atoms with Crippen molar-refractivity contribution in [2.24, 2.45) is 5.92 Å². The fourth-order valence-electron chi connectivity index (χ4n) is 2.32. The van der Waals surface area contributed by atoms with Crippen molar-refractivity contribution in [1.82, 2.24) is 9.88 Å². The molecular weight excluding hydrogens is 258 g/mol. The zero-order valence-corrected chi connectivity index (χ0v) is 11.5. The van der Waals surface area contributed by atoms with Gasteiger partial charge in [0.05, 0.1) is 18.2 Å². The number of anilines is 1. The van der Waals surface area contributed by atoms with E-state index >= 15 is 0 Å². The Morgan fingerprint density at radius 3 is 2.75 bits per heavy atom. The number of aromatic nitrogens is 1. The summed E-state index contributed by atoms with van der Waals surface area (Å²) in [4.78, 5) is 29.6. The van der Waals surface area contributed by atoms with Gasteiger partial charge in [0.1, 0.15) is 0 Å². The number of hydrogen-bond donors (Lipinski definition) is 1. The van der Waals surface area contributed by atoms with Crippen LogP contribution in [-0.2, 0) is 9.53 Å². The molecular formula is C14H19N3O3. The molecule has 0 spiro atoms. The number of carbonyl (C=O) groups excluding carboxylic acids is 2. The first kappa shape index (κ1) is 14.3. The maximum Gasteiger partial charge on any atom is 0.309 e. The highest BCUT2D eigenvalue weighted by Crippen LogP contribution is 2.21. The number of amides is 1. The molecule has 1 amide bonds. The van der Waals surface area contributed by atoms with Crippen molar-refractivity contribution in [3.05, 3.63) is 24.0 Å². The maximum atomic E-state index is 12.3. The van der Waals surface area contributed by atoms with Gasteiger partial charge in [0.25, 0.3) is 5.91 Å². The SMILES string of the molecule is CCOC(=O)C1CCN(C(=O)c2ncccc2N)CC1. The van der Waals surface area contributed by atoms with Gasteiger partial charge in [-0.2, -0.15) is 0 Å². The summed E-state index contributed by atoms with van der Waals surface area (Å²) in [5.41, 5.74) is 6.42. The van der Waals surface area contributed by atoms with Crippen molar-refractivity contribution < 1.29 is 14.3 Å². The lowest BCUT2D eigenvalue weighted by atomic mass is 9.97. The first-order valence-corrected chi connectivity index (χ1v) is 6.80. The molecule has 0 aliphatic carbocycles. The zero-order chi connectivity index (χ0) is 14.5. The van der Waals surface area contributed by atoms with Crippen LogP contribution in [0.4, 0.5) is 5.69 Å². The van der Waals surface area contributed by atoms with Crippen LogP contribution < -0.4 is 5.73 Å². The van der Waals surface area contributed by atoms with E-state index in [0.29, 0.717) is 38.2 Å². The zero-order valence-electron chi connectivity index (χ0n) is 11.5. The van der Waals surface area contributed by atoms with Crippen LogP contribution in [0.3, 0.4) is 0 Å². The van der Waals surface area contributed by atoms with Gasteiger partial charge in [-0.3, -0.25) is 9.59 Å². The largest absolute Gasteiger partial charge is 0.466 e. The molecule has 1 aliphatic heterocycles. The summed E-state index contributed by atoms with van der Waals surface area (Å²) in [6.45, 7) is 3.24. The number of piperidine rings is 1. The fourth-order valence-corrected chi connectivity index (χ4v) is 2.32. The number of rotatable bonds is 3. The van der Waals surface area contributed by atoms with E-state index in [1.807, 2.05) is 0 Å². The van der Waals surface area contributed by atoms with Gasteiger partial charge in [-0.05, 0) is 31.9 Å². The summed E-state index contributed by atoms with van der Waals surface area (Å²) >= 11 is 0. The molecule has 1 saturated heterocycles. The van der Waals surface area contributed by atoms with Crippen LogP contribution in [0.5, 0.6) is 0 Å². The smallest absolute Gasteiger partial charge is 0.309 e. The predicted molar refractivity (Wildman–Crippen MR) is 73.9 cm³/mol. The standard InChI is InChI=1S/C14H19N3O3/c1-2-20-14(19)10-5-8-17(9-6-10)13(18)12-11(15)4-3-7-16-12/h3-4,7,10H,2,5-6,8-9,15H2,1H3. The molecule has 2 N–H and O–H groups in total. The molecule has 1 aromatic heterocycles. The Morgan fingerprint density at radius 1 is 1.45 bits per heavy atom. The Labute approximate surface area is 117 Å². The number of pyridine rings is 1. The van der Waals surface area contributed by atoms with Crippen molar-refractivity contribution in [3.63, 3.8) is 0 Å². The molecule has 0 aromatic carbocycles. The fraction of sp³-hybridized carbons (Fsp3) is 0.500. The molecule has 20 heavy (non-hydrogen) atoms. The van der Waals surface area contributed by atoms with E-state index in [1.54, 1.807) is 30.2 Å². The molecule has 1 aromatic rings. The van der Waals surface area contributed by atoms with Gasteiger partial charge in [-0.15, -0.1) is 0 Å². The number of nitrogens with zero attached hydrogens (tertiary/aromatic N) is 2. The van der Waals surface area contributed by atoms with Gasteiger partial charge in [0, 0.05) is 19.3 Å². The van der Waals surface area contributed by atoms with Crippen LogP contribution in [-0.4, -0.2) is 41.5 Å². The molecule has 2 rings (SSSR count). The average molecular weight is 277 g/mol. The van der Waals surface area contributed by atoms with E-state index in [4.69, 9.17) is 10.5 Å². The molecule has 0 radical (unpaired) electrons. The minimum absolute atomic E-state index is 0.111. The van der Waals surface area contributed by atoms with E-state index < -0.39 is 0 Å². The number of hydrogen-bond acceptors (Lipinski definition) is 5. The predicted octanol–water partition coefficient (Wildman–Crippen LogP) is 1.08. The lowest BCUT2D eigenvalue weighted by molar-refractivity contribution is -0.149. The maximum absolute atomic E-state index is 12.3. The molecule has 1 aliphatic rings. The molecule has 2 heterocycles. The molecule has 1 fully saturated rings. The summed E-state index contributed by atoms with van der Waals surface area (Å²) in [6.07, 6.45) is 2.80. The van der Waals surface area contributed by atoms with E-state index in [1.165, 1.54) is 0 Å². The van der Waals surface area contributed by atoms with Crippen molar-refractivity contribution in [2.45, 2.75) is 19.8 Å². The summed E-state index contributed by atoms with van der Waals surface area (Å²) < 4.78 is 5.01. The van der Waals surface area contributed by atoms with Crippen LogP contribution in [0.15, 0.2) is 18.3 Å². The van der Waals surface area contributed by atoms with Gasteiger partial charge >= 0.3 is 5.97 Å². The van der Waals surface area contributed by atoms with Gasteiger partial charge in [0.15, 0.2) is 5.69 Å². The summed E-state index contributed by atoms with van der Waals surface area (Å²) in [5.74, 6) is -0.456. The molecule has 0 bridgehead atoms. The van der Waals surface area contributed by atoms with Gasteiger partial charge in [0.2, 0.25) is 0 Å². The van der Waals surface area contributed by atoms with Gasteiger partial charge in [-0.1, -0.05) is 0 Å². The van der Waals surface area contributed by atoms with Crippen LogP contribution in [0.1, 0.15) is 30.3 Å². The monoisotopic (exact) mass is 277 g/mol. The summed E-state index contributed by atoms with van der Waals surface area (Å²) in [6, 6.07) is 3.35. The highest BCUT2D eigenvalue weighted by Gasteiger charge is 2.29. The van der Waals surface area contributed by atoms with E-state index in [-0.39, 0.29) is 23.5 Å². The van der Waals surface area contributed by atoms with Crippen molar-refractivity contribution >= 4 is 17.6 Å². The molecule has 108 valence electrons. The minimum atomic E-state index is -0.176. The lowest BCUT2D eigenvalue weighted by Gasteiger charge is -2.30. The van der Waals surface area contributed by atoms with Crippen molar-refractivity contribution in [2.75, 3.05) is 25.4 Å². The van der Waals surface area contributed by atoms with Crippen LogP contribution in [0.2, 0.25) is 0 Å². The normalized spacial score (nSPS) is 15.9. The molecule has 0 saturated carbocycles. The van der Waals surface area contributed by atoms with Crippen molar-refractivity contribution in [3.8, 4) is 0 Å². The number of carbonyl (C=O) groups is 2. The highest BCUT2D eigenvalue weighted by atomic mass is 16.5. The number of esters is 1. The molecule has 6 heteroatoms. The summed E-state index contributed by atoms with van der Waals surface area (Å²) in [7, 11) is 0. The summed E-state index contributed by atoms with van der Waals surface area (Å²) in [5, 5.41) is 0. The third-order valence-corrected chi connectivity index (χ3v) is 3.44. The van der Waals surface area contributed by atoms with Gasteiger partial charge in [-0.25, -0.2) is 4.98 Å². The second kappa shape index (κ2) is 6.36. The van der Waals surface area contributed by atoms with Gasteiger partial charge < -0.3 is 15.4 Å². The quantitative estimate of drug-likeness (QED) is 0.835. The Hall–Kier alpha value is -2.11. The Morgan fingerprint density at radius 2 is 2.15 bits per heavy atom. The number of ether oxygens (including phenoxy) is 1. The molecule has 0 atom stereocenters. The Bertz CT molecular complexity index is 496. The number of nitrogen functional groups attached to an aromatic ring is 1.